The van der Waals surface area contributed by atoms with E-state index >= 15 is 0 Å². The van der Waals surface area contributed by atoms with Gasteiger partial charge in [0.2, 0.25) is 0 Å². The Kier molecular flexibility index (Phi) is 4.00. The molecule has 1 atom stereocenters. The maximum absolute atomic E-state index is 12.3. The lowest BCUT2D eigenvalue weighted by atomic mass is 10.2. The Labute approximate surface area is 141 Å². The normalized spacial score (nSPS) is 16.5. The van der Waals surface area contributed by atoms with Crippen molar-refractivity contribution in [2.45, 2.75) is 24.8 Å². The third-order valence-electron chi connectivity index (χ3n) is 4.00. The van der Waals surface area contributed by atoms with Gasteiger partial charge in [0.1, 0.15) is 17.4 Å². The quantitative estimate of drug-likeness (QED) is 0.782. The molecule has 1 aromatic carbocycles. The molecule has 126 valence electrons. The summed E-state index contributed by atoms with van der Waals surface area (Å²) in [7, 11) is -1.19. The number of amidine groups is 1. The van der Waals surface area contributed by atoms with Gasteiger partial charge in [-0.1, -0.05) is 0 Å². The predicted octanol–water partition coefficient (Wildman–Crippen LogP) is 1.63. The standard InChI is InChI=1S/C16H18N4O3S/c1-8(2)20-7-12(21)13(14(20)17)15-18-11-6-9(24(3)23)4-5-10(11)16(22)19-15/h4-6,8,17,21H,7H2,1-3H3,(H,18,19,22). The van der Waals surface area contributed by atoms with Gasteiger partial charge in [-0.25, -0.2) is 4.98 Å². The van der Waals surface area contributed by atoms with E-state index in [1.165, 1.54) is 0 Å². The minimum absolute atomic E-state index is 0.00595. The predicted molar refractivity (Wildman–Crippen MR) is 93.8 cm³/mol. The van der Waals surface area contributed by atoms with Crippen LogP contribution in [-0.2, 0) is 10.8 Å². The summed E-state index contributed by atoms with van der Waals surface area (Å²) in [6.45, 7) is 4.06. The average Bonchev–Trinajstić information content (AvgIpc) is 2.81. The molecule has 0 aliphatic carbocycles. The van der Waals surface area contributed by atoms with Crippen molar-refractivity contribution in [2.75, 3.05) is 12.8 Å². The molecule has 3 rings (SSSR count). The molecule has 3 N–H and O–H groups in total. The van der Waals surface area contributed by atoms with Crippen LogP contribution >= 0.6 is 0 Å². The second kappa shape index (κ2) is 5.86. The molecule has 0 amide bonds. The molecule has 0 fully saturated rings. The second-order valence-electron chi connectivity index (χ2n) is 5.94. The van der Waals surface area contributed by atoms with Gasteiger partial charge in [0.25, 0.3) is 5.56 Å². The smallest absolute Gasteiger partial charge is 0.259 e. The van der Waals surface area contributed by atoms with Gasteiger partial charge in [-0.2, -0.15) is 0 Å². The first kappa shape index (κ1) is 16.4. The van der Waals surface area contributed by atoms with Crippen molar-refractivity contribution in [3.05, 3.63) is 40.1 Å². The number of hydrogen-bond donors (Lipinski definition) is 3. The molecular weight excluding hydrogens is 328 g/mol. The number of aliphatic hydroxyl groups excluding tert-OH is 1. The third kappa shape index (κ3) is 2.62. The van der Waals surface area contributed by atoms with E-state index in [2.05, 4.69) is 9.97 Å². The van der Waals surface area contributed by atoms with Crippen LogP contribution in [-0.4, -0.2) is 48.9 Å². The first-order valence-corrected chi connectivity index (χ1v) is 9.01. The number of aromatic amines is 1. The minimum Gasteiger partial charge on any atom is -0.510 e. The zero-order chi connectivity index (χ0) is 17.6. The van der Waals surface area contributed by atoms with E-state index in [4.69, 9.17) is 5.41 Å². The van der Waals surface area contributed by atoms with E-state index in [0.717, 1.165) is 0 Å². The first-order valence-electron chi connectivity index (χ1n) is 7.45. The number of hydrogen-bond acceptors (Lipinski definition) is 5. The zero-order valence-corrected chi connectivity index (χ0v) is 14.4. The Morgan fingerprint density at radius 3 is 2.71 bits per heavy atom. The SMILES string of the molecule is CC(C)N1CC(O)=C(c2nc3cc(S(C)=O)ccc3c(=O)[nH]2)C1=N. The van der Waals surface area contributed by atoms with Crippen LogP contribution in [0.5, 0.6) is 0 Å². The zero-order valence-electron chi connectivity index (χ0n) is 13.6. The molecule has 0 saturated heterocycles. The topological polar surface area (TPSA) is 110 Å². The largest absolute Gasteiger partial charge is 0.510 e. The summed E-state index contributed by atoms with van der Waals surface area (Å²) in [5.41, 5.74) is 0.253. The summed E-state index contributed by atoms with van der Waals surface area (Å²) in [6, 6.07) is 4.85. The summed E-state index contributed by atoms with van der Waals surface area (Å²) in [4.78, 5) is 21.6. The van der Waals surface area contributed by atoms with Crippen molar-refractivity contribution in [1.29, 1.82) is 5.41 Å². The van der Waals surface area contributed by atoms with E-state index in [9.17, 15) is 14.1 Å². The van der Waals surface area contributed by atoms with Crippen LogP contribution < -0.4 is 5.56 Å². The first-order chi connectivity index (χ1) is 11.3. The molecule has 0 saturated carbocycles. The monoisotopic (exact) mass is 346 g/mol. The maximum atomic E-state index is 12.3. The van der Waals surface area contributed by atoms with Crippen molar-refractivity contribution in [1.82, 2.24) is 14.9 Å². The number of benzene rings is 1. The van der Waals surface area contributed by atoms with E-state index < -0.39 is 10.8 Å². The minimum atomic E-state index is -1.19. The van der Waals surface area contributed by atoms with Crippen LogP contribution in [0.25, 0.3) is 16.5 Å². The maximum Gasteiger partial charge on any atom is 0.259 e. The van der Waals surface area contributed by atoms with E-state index in [-0.39, 0.29) is 41.1 Å². The lowest BCUT2D eigenvalue weighted by molar-refractivity contribution is 0.318. The lowest BCUT2D eigenvalue weighted by Crippen LogP contribution is -2.33. The molecule has 1 aliphatic rings. The fraction of sp³-hybridized carbons (Fsp3) is 0.312. The van der Waals surface area contributed by atoms with Gasteiger partial charge in [0.05, 0.1) is 23.0 Å². The number of nitrogens with one attached hydrogen (secondary N) is 2. The number of rotatable bonds is 3. The Hall–Kier alpha value is -2.48. The van der Waals surface area contributed by atoms with Crippen LogP contribution in [0.3, 0.4) is 0 Å². The van der Waals surface area contributed by atoms with Gasteiger partial charge in [0, 0.05) is 28.0 Å². The van der Waals surface area contributed by atoms with Gasteiger partial charge in [0.15, 0.2) is 0 Å². The molecule has 1 aromatic heterocycles. The fourth-order valence-electron chi connectivity index (χ4n) is 2.71. The van der Waals surface area contributed by atoms with Crippen LogP contribution in [0.2, 0.25) is 0 Å². The van der Waals surface area contributed by atoms with E-state index in [1.54, 1.807) is 29.4 Å². The Balaban J connectivity index is 2.17. The van der Waals surface area contributed by atoms with Gasteiger partial charge in [-0.3, -0.25) is 14.4 Å². The van der Waals surface area contributed by atoms with Crippen molar-refractivity contribution >= 4 is 33.1 Å². The van der Waals surface area contributed by atoms with Crippen LogP contribution in [0.4, 0.5) is 0 Å². The Bertz CT molecular complexity index is 961. The van der Waals surface area contributed by atoms with Crippen LogP contribution in [0.1, 0.15) is 19.7 Å². The molecule has 7 nitrogen and oxygen atoms in total. The number of aliphatic hydroxyl groups is 1. The van der Waals surface area contributed by atoms with Crippen LogP contribution in [0, 0.1) is 5.41 Å². The highest BCUT2D eigenvalue weighted by molar-refractivity contribution is 7.84. The van der Waals surface area contributed by atoms with Crippen molar-refractivity contribution in [3.63, 3.8) is 0 Å². The molecule has 0 radical (unpaired) electrons. The fourth-order valence-corrected chi connectivity index (χ4v) is 3.24. The Morgan fingerprint density at radius 1 is 1.42 bits per heavy atom. The van der Waals surface area contributed by atoms with Gasteiger partial charge in [-0.05, 0) is 32.0 Å². The summed E-state index contributed by atoms with van der Waals surface area (Å²) < 4.78 is 11.6. The summed E-state index contributed by atoms with van der Waals surface area (Å²) in [5, 5.41) is 18.8. The van der Waals surface area contributed by atoms with E-state index in [1.807, 2.05) is 13.8 Å². The van der Waals surface area contributed by atoms with Crippen molar-refractivity contribution < 1.29 is 9.32 Å². The third-order valence-corrected chi connectivity index (χ3v) is 4.92. The van der Waals surface area contributed by atoms with Crippen LogP contribution in [0.15, 0.2) is 33.6 Å². The Morgan fingerprint density at radius 2 is 2.12 bits per heavy atom. The molecule has 1 unspecified atom stereocenters. The molecule has 2 aromatic rings. The highest BCUT2D eigenvalue weighted by Gasteiger charge is 2.31. The summed E-state index contributed by atoms with van der Waals surface area (Å²) in [5.74, 6) is 0.281. The number of aromatic nitrogens is 2. The number of H-pyrrole nitrogens is 1. The highest BCUT2D eigenvalue weighted by Crippen LogP contribution is 2.26. The molecule has 1 aliphatic heterocycles. The highest BCUT2D eigenvalue weighted by atomic mass is 32.2. The number of nitrogens with zero attached hydrogens (tertiary/aromatic N) is 2. The van der Waals surface area contributed by atoms with Gasteiger partial charge >= 0.3 is 0 Å². The second-order valence-corrected chi connectivity index (χ2v) is 7.32. The van der Waals surface area contributed by atoms with Crippen molar-refractivity contribution in [2.24, 2.45) is 0 Å². The average molecular weight is 346 g/mol. The number of fused-ring (bicyclic) bond motifs is 1. The molecule has 0 spiro atoms. The molecule has 2 heterocycles. The molecule has 24 heavy (non-hydrogen) atoms. The summed E-state index contributed by atoms with van der Waals surface area (Å²) in [6.07, 6.45) is 1.55. The van der Waals surface area contributed by atoms with E-state index in [0.29, 0.717) is 15.8 Å². The van der Waals surface area contributed by atoms with Gasteiger partial charge < -0.3 is 15.0 Å². The summed E-state index contributed by atoms with van der Waals surface area (Å²) >= 11 is 0. The molecule has 8 heteroatoms. The van der Waals surface area contributed by atoms with Gasteiger partial charge in [-0.15, -0.1) is 0 Å². The molecular formula is C16H18N4O3S. The lowest BCUT2D eigenvalue weighted by Gasteiger charge is -2.22. The molecule has 0 bridgehead atoms. The van der Waals surface area contributed by atoms with Crippen molar-refractivity contribution in [3.8, 4) is 0 Å².